The minimum absolute atomic E-state index is 0.262. The fourth-order valence-electron chi connectivity index (χ4n) is 3.33. The number of hydrogen-bond acceptors (Lipinski definition) is 5. The maximum Gasteiger partial charge on any atom is 0.156 e. The Morgan fingerprint density at radius 3 is 2.92 bits per heavy atom. The molecule has 26 heavy (non-hydrogen) atoms. The standard InChI is InChI=1S/C20H23N5O/c1-20(2,12-26)7-14-8-22-19-18(14)24-17(9-23-19)13-4-3-5-16(6-13)25-10-15(21)11-25/h3-6,8-9,12,15H,7,10-11,21H2,1-2H3,(H,22,23). The van der Waals surface area contributed by atoms with Crippen LogP contribution < -0.4 is 10.6 Å². The van der Waals surface area contributed by atoms with Crippen molar-refractivity contribution >= 4 is 23.1 Å². The summed E-state index contributed by atoms with van der Waals surface area (Å²) in [6.45, 7) is 5.63. The molecular weight excluding hydrogens is 326 g/mol. The second-order valence-electron chi connectivity index (χ2n) is 7.76. The predicted octanol–water partition coefficient (Wildman–Crippen LogP) is 2.54. The van der Waals surface area contributed by atoms with Crippen LogP contribution in [-0.4, -0.2) is 40.4 Å². The molecule has 0 saturated carbocycles. The van der Waals surface area contributed by atoms with Crippen molar-refractivity contribution in [2.75, 3.05) is 18.0 Å². The Balaban J connectivity index is 1.69. The van der Waals surface area contributed by atoms with Gasteiger partial charge in [-0.25, -0.2) is 9.97 Å². The van der Waals surface area contributed by atoms with Gasteiger partial charge in [0.2, 0.25) is 0 Å². The van der Waals surface area contributed by atoms with Gasteiger partial charge >= 0.3 is 0 Å². The first-order chi connectivity index (χ1) is 12.4. The van der Waals surface area contributed by atoms with Gasteiger partial charge in [-0.1, -0.05) is 26.0 Å². The van der Waals surface area contributed by atoms with Crippen molar-refractivity contribution in [2.24, 2.45) is 11.1 Å². The summed E-state index contributed by atoms with van der Waals surface area (Å²) in [7, 11) is 0. The van der Waals surface area contributed by atoms with E-state index in [1.807, 2.05) is 32.2 Å². The third-order valence-corrected chi connectivity index (χ3v) is 4.84. The lowest BCUT2D eigenvalue weighted by atomic mass is 9.88. The SMILES string of the molecule is CC(C)(C=O)Cc1c[nH]c2ncc(-c3cccc(N4CC(N)C4)c3)nc12. The number of nitrogens with zero attached hydrogens (tertiary/aromatic N) is 3. The van der Waals surface area contributed by atoms with Crippen LogP contribution in [-0.2, 0) is 11.2 Å². The Bertz CT molecular complexity index is 956. The summed E-state index contributed by atoms with van der Waals surface area (Å²) in [5.74, 6) is 0. The van der Waals surface area contributed by atoms with Crippen LogP contribution in [0.4, 0.5) is 5.69 Å². The molecule has 0 bridgehead atoms. The molecule has 1 aliphatic rings. The Kier molecular flexibility index (Phi) is 4.00. The van der Waals surface area contributed by atoms with Crippen molar-refractivity contribution in [3.05, 3.63) is 42.2 Å². The van der Waals surface area contributed by atoms with Crippen molar-refractivity contribution in [3.63, 3.8) is 0 Å². The molecule has 2 aromatic heterocycles. The summed E-state index contributed by atoms with van der Waals surface area (Å²) in [6.07, 6.45) is 5.30. The third-order valence-electron chi connectivity index (χ3n) is 4.84. The summed E-state index contributed by atoms with van der Waals surface area (Å²) in [5.41, 5.74) is 11.1. The quantitative estimate of drug-likeness (QED) is 0.691. The zero-order valence-corrected chi connectivity index (χ0v) is 15.1. The lowest BCUT2D eigenvalue weighted by Gasteiger charge is -2.39. The van der Waals surface area contributed by atoms with Gasteiger partial charge < -0.3 is 20.4 Å². The molecule has 3 aromatic rings. The second-order valence-corrected chi connectivity index (χ2v) is 7.76. The van der Waals surface area contributed by atoms with Crippen LogP contribution in [0.15, 0.2) is 36.7 Å². The van der Waals surface area contributed by atoms with Crippen LogP contribution >= 0.6 is 0 Å². The number of aldehydes is 1. The summed E-state index contributed by atoms with van der Waals surface area (Å²) < 4.78 is 0. The van der Waals surface area contributed by atoms with Gasteiger partial charge in [0.25, 0.3) is 0 Å². The average molecular weight is 349 g/mol. The molecule has 4 rings (SSSR count). The van der Waals surface area contributed by atoms with Crippen molar-refractivity contribution < 1.29 is 4.79 Å². The number of nitrogens with one attached hydrogen (secondary N) is 1. The zero-order valence-electron chi connectivity index (χ0n) is 15.1. The molecule has 6 nitrogen and oxygen atoms in total. The van der Waals surface area contributed by atoms with Crippen LogP contribution in [0.3, 0.4) is 0 Å². The number of benzene rings is 1. The van der Waals surface area contributed by atoms with Gasteiger partial charge in [-0.05, 0) is 24.1 Å². The summed E-state index contributed by atoms with van der Waals surface area (Å²) in [5, 5.41) is 0. The molecular formula is C20H23N5O. The van der Waals surface area contributed by atoms with Gasteiger partial charge in [-0.2, -0.15) is 0 Å². The van der Waals surface area contributed by atoms with Crippen LogP contribution in [0.2, 0.25) is 0 Å². The number of rotatable bonds is 5. The monoisotopic (exact) mass is 349 g/mol. The molecule has 1 fully saturated rings. The molecule has 0 spiro atoms. The van der Waals surface area contributed by atoms with Gasteiger partial charge in [0, 0.05) is 42.0 Å². The molecule has 0 atom stereocenters. The molecule has 134 valence electrons. The van der Waals surface area contributed by atoms with Crippen LogP contribution in [0.1, 0.15) is 19.4 Å². The first-order valence-corrected chi connectivity index (χ1v) is 8.85. The average Bonchev–Trinajstić information content (AvgIpc) is 3.01. The maximum absolute atomic E-state index is 11.3. The normalized spacial score (nSPS) is 15.3. The first kappa shape index (κ1) is 16.7. The predicted molar refractivity (Wildman–Crippen MR) is 103 cm³/mol. The number of anilines is 1. The van der Waals surface area contributed by atoms with Gasteiger partial charge in [0.15, 0.2) is 5.65 Å². The van der Waals surface area contributed by atoms with Crippen LogP contribution in [0.25, 0.3) is 22.4 Å². The highest BCUT2D eigenvalue weighted by atomic mass is 16.1. The molecule has 1 aromatic carbocycles. The molecule has 3 N–H and O–H groups in total. The number of aromatic nitrogens is 3. The van der Waals surface area contributed by atoms with Crippen molar-refractivity contribution in [1.82, 2.24) is 15.0 Å². The smallest absolute Gasteiger partial charge is 0.156 e. The maximum atomic E-state index is 11.3. The molecule has 0 unspecified atom stereocenters. The van der Waals surface area contributed by atoms with E-state index in [9.17, 15) is 4.79 Å². The number of H-pyrrole nitrogens is 1. The number of fused-ring (bicyclic) bond motifs is 1. The topological polar surface area (TPSA) is 87.9 Å². The third kappa shape index (κ3) is 3.08. The van der Waals surface area contributed by atoms with E-state index in [1.165, 1.54) is 0 Å². The fraction of sp³-hybridized carbons (Fsp3) is 0.350. The van der Waals surface area contributed by atoms with E-state index in [-0.39, 0.29) is 6.04 Å². The molecule has 0 amide bonds. The lowest BCUT2D eigenvalue weighted by Crippen LogP contribution is -2.55. The summed E-state index contributed by atoms with van der Waals surface area (Å²) >= 11 is 0. The number of aromatic amines is 1. The lowest BCUT2D eigenvalue weighted by molar-refractivity contribution is -0.114. The highest BCUT2D eigenvalue weighted by Crippen LogP contribution is 2.28. The van der Waals surface area contributed by atoms with E-state index >= 15 is 0 Å². The van der Waals surface area contributed by atoms with Gasteiger partial charge in [-0.3, -0.25) is 0 Å². The number of nitrogens with two attached hydrogens (primary N) is 1. The van der Waals surface area contributed by atoms with E-state index < -0.39 is 5.41 Å². The number of hydrogen-bond donors (Lipinski definition) is 2. The van der Waals surface area contributed by atoms with Crippen molar-refractivity contribution in [1.29, 1.82) is 0 Å². The van der Waals surface area contributed by atoms with E-state index in [1.54, 1.807) is 6.20 Å². The molecule has 0 aliphatic carbocycles. The van der Waals surface area contributed by atoms with Gasteiger partial charge in [0.05, 0.1) is 11.9 Å². The summed E-state index contributed by atoms with van der Waals surface area (Å²) in [4.78, 5) is 26.0. The van der Waals surface area contributed by atoms with Gasteiger partial charge in [0.1, 0.15) is 11.8 Å². The van der Waals surface area contributed by atoms with Crippen molar-refractivity contribution in [3.8, 4) is 11.3 Å². The second kappa shape index (κ2) is 6.21. The molecule has 3 heterocycles. The molecule has 1 aliphatic heterocycles. The fourth-order valence-corrected chi connectivity index (χ4v) is 3.33. The van der Waals surface area contributed by atoms with E-state index in [2.05, 4.69) is 27.0 Å². The van der Waals surface area contributed by atoms with Crippen LogP contribution in [0.5, 0.6) is 0 Å². The van der Waals surface area contributed by atoms with Crippen LogP contribution in [0, 0.1) is 5.41 Å². The minimum atomic E-state index is -0.428. The Labute approximate surface area is 152 Å². The number of carbonyl (C=O) groups is 1. The summed E-state index contributed by atoms with van der Waals surface area (Å²) in [6, 6.07) is 8.56. The highest BCUT2D eigenvalue weighted by Gasteiger charge is 2.23. The van der Waals surface area contributed by atoms with E-state index in [4.69, 9.17) is 10.7 Å². The van der Waals surface area contributed by atoms with Gasteiger partial charge in [-0.15, -0.1) is 0 Å². The minimum Gasteiger partial charge on any atom is -0.368 e. The number of carbonyl (C=O) groups excluding carboxylic acids is 1. The highest BCUT2D eigenvalue weighted by molar-refractivity contribution is 5.79. The largest absolute Gasteiger partial charge is 0.368 e. The Morgan fingerprint density at radius 2 is 2.19 bits per heavy atom. The Hall–Kier alpha value is -2.73. The Morgan fingerprint density at radius 1 is 1.38 bits per heavy atom. The zero-order chi connectivity index (χ0) is 18.3. The molecule has 0 radical (unpaired) electrons. The van der Waals surface area contributed by atoms with E-state index in [0.29, 0.717) is 6.42 Å². The van der Waals surface area contributed by atoms with Crippen molar-refractivity contribution in [2.45, 2.75) is 26.3 Å². The first-order valence-electron chi connectivity index (χ1n) is 8.85. The molecule has 6 heteroatoms. The van der Waals surface area contributed by atoms with E-state index in [0.717, 1.165) is 53.0 Å². The molecule has 1 saturated heterocycles.